The van der Waals surface area contributed by atoms with Crippen molar-refractivity contribution in [3.8, 4) is 6.07 Å². The van der Waals surface area contributed by atoms with E-state index in [9.17, 15) is 0 Å². The average Bonchev–Trinajstić information content (AvgIpc) is 2.38. The van der Waals surface area contributed by atoms with Gasteiger partial charge in [0, 0.05) is 6.54 Å². The van der Waals surface area contributed by atoms with E-state index in [0.717, 1.165) is 18.8 Å². The molecule has 3 nitrogen and oxygen atoms in total. The lowest BCUT2D eigenvalue weighted by Crippen LogP contribution is -2.03. The maximum Gasteiger partial charge on any atom is 0.142 e. The van der Waals surface area contributed by atoms with Crippen molar-refractivity contribution in [2.45, 2.75) is 25.7 Å². The summed E-state index contributed by atoms with van der Waals surface area (Å²) in [4.78, 5) is 4.16. The quantitative estimate of drug-likeness (QED) is 0.718. The number of hydrogen-bond donors (Lipinski definition) is 1. The molecule has 0 unspecified atom stereocenters. The number of nitrogens with one attached hydrogen (secondary N) is 1. The average molecular weight is 249 g/mol. The number of thioether (sulfide) groups is 1. The zero-order chi connectivity index (χ0) is 12.3. The van der Waals surface area contributed by atoms with Gasteiger partial charge in [-0.05, 0) is 37.0 Å². The van der Waals surface area contributed by atoms with Crippen molar-refractivity contribution in [1.82, 2.24) is 4.98 Å². The normalized spacial score (nSPS) is 9.88. The molecule has 0 bridgehead atoms. The van der Waals surface area contributed by atoms with Crippen LogP contribution >= 0.6 is 11.8 Å². The van der Waals surface area contributed by atoms with Crippen molar-refractivity contribution < 1.29 is 0 Å². The molecule has 0 saturated heterocycles. The van der Waals surface area contributed by atoms with Crippen molar-refractivity contribution in [3.05, 3.63) is 23.9 Å². The number of nitrogens with zero attached hydrogens (tertiary/aromatic N) is 2. The van der Waals surface area contributed by atoms with Gasteiger partial charge in [-0.25, -0.2) is 4.98 Å². The van der Waals surface area contributed by atoms with Gasteiger partial charge >= 0.3 is 0 Å². The molecule has 4 heteroatoms. The van der Waals surface area contributed by atoms with Gasteiger partial charge in [-0.3, -0.25) is 0 Å². The van der Waals surface area contributed by atoms with Gasteiger partial charge in [-0.2, -0.15) is 17.0 Å². The predicted octanol–water partition coefficient (Wildman–Crippen LogP) is 3.29. The van der Waals surface area contributed by atoms with Crippen LogP contribution in [0.1, 0.15) is 31.4 Å². The molecule has 1 aromatic rings. The van der Waals surface area contributed by atoms with Gasteiger partial charge in [0.25, 0.3) is 0 Å². The largest absolute Gasteiger partial charge is 0.370 e. The highest BCUT2D eigenvalue weighted by molar-refractivity contribution is 7.98. The van der Waals surface area contributed by atoms with Crippen LogP contribution in [0.2, 0.25) is 0 Å². The van der Waals surface area contributed by atoms with Crippen molar-refractivity contribution >= 4 is 17.6 Å². The third kappa shape index (κ3) is 6.18. The molecule has 0 radical (unpaired) electrons. The Balaban J connectivity index is 2.12. The second-order valence-corrected chi connectivity index (χ2v) is 4.84. The number of anilines is 1. The van der Waals surface area contributed by atoms with Gasteiger partial charge in [0.1, 0.15) is 17.6 Å². The monoisotopic (exact) mass is 249 g/mol. The molecule has 1 rings (SSSR count). The third-order valence-electron chi connectivity index (χ3n) is 2.44. The number of nitriles is 1. The molecule has 0 amide bonds. The summed E-state index contributed by atoms with van der Waals surface area (Å²) in [6.07, 6.45) is 7.17. The lowest BCUT2D eigenvalue weighted by molar-refractivity contribution is 0.688. The minimum atomic E-state index is 0.468. The fraction of sp³-hybridized carbons (Fsp3) is 0.538. The van der Waals surface area contributed by atoms with Crippen LogP contribution in [0.3, 0.4) is 0 Å². The Morgan fingerprint density at radius 2 is 2.12 bits per heavy atom. The van der Waals surface area contributed by atoms with E-state index in [1.54, 1.807) is 6.07 Å². The standard InChI is InChI=1S/C13H19N3S/c1-17-10-5-3-2-4-9-15-13-8-6-7-12(11-14)16-13/h6-8H,2-5,9-10H2,1H3,(H,15,16). The molecule has 0 aliphatic rings. The fourth-order valence-electron chi connectivity index (χ4n) is 1.54. The summed E-state index contributed by atoms with van der Waals surface area (Å²) in [5.74, 6) is 2.06. The molecule has 92 valence electrons. The molecule has 1 aromatic heterocycles. The molecule has 0 aliphatic carbocycles. The first-order valence-electron chi connectivity index (χ1n) is 5.97. The molecule has 0 aromatic carbocycles. The summed E-state index contributed by atoms with van der Waals surface area (Å²) in [6, 6.07) is 7.51. The predicted molar refractivity (Wildman–Crippen MR) is 74.3 cm³/mol. The Hall–Kier alpha value is -1.21. The van der Waals surface area contributed by atoms with E-state index < -0.39 is 0 Å². The highest BCUT2D eigenvalue weighted by atomic mass is 32.2. The van der Waals surface area contributed by atoms with Gasteiger partial charge in [0.15, 0.2) is 0 Å². The molecule has 0 fully saturated rings. The second kappa shape index (κ2) is 8.89. The topological polar surface area (TPSA) is 48.7 Å². The van der Waals surface area contributed by atoms with Crippen LogP contribution in [0, 0.1) is 11.3 Å². The van der Waals surface area contributed by atoms with Gasteiger partial charge < -0.3 is 5.32 Å². The van der Waals surface area contributed by atoms with Crippen molar-refractivity contribution in [2.24, 2.45) is 0 Å². The van der Waals surface area contributed by atoms with Crippen LogP contribution in [-0.2, 0) is 0 Å². The van der Waals surface area contributed by atoms with Gasteiger partial charge in [0.2, 0.25) is 0 Å². The molecule has 17 heavy (non-hydrogen) atoms. The maximum absolute atomic E-state index is 8.71. The van der Waals surface area contributed by atoms with Crippen LogP contribution in [-0.4, -0.2) is 23.5 Å². The van der Waals surface area contributed by atoms with Crippen molar-refractivity contribution in [1.29, 1.82) is 5.26 Å². The van der Waals surface area contributed by atoms with Gasteiger partial charge in [-0.15, -0.1) is 0 Å². The molecule has 0 saturated carbocycles. The summed E-state index contributed by atoms with van der Waals surface area (Å²) < 4.78 is 0. The lowest BCUT2D eigenvalue weighted by Gasteiger charge is -2.05. The molecule has 0 atom stereocenters. The number of hydrogen-bond acceptors (Lipinski definition) is 4. The summed E-state index contributed by atoms with van der Waals surface area (Å²) in [7, 11) is 0. The maximum atomic E-state index is 8.71. The smallest absolute Gasteiger partial charge is 0.142 e. The molecular formula is C13H19N3S. The number of aromatic nitrogens is 1. The van der Waals surface area contributed by atoms with Crippen molar-refractivity contribution in [2.75, 3.05) is 23.9 Å². The highest BCUT2D eigenvalue weighted by Crippen LogP contribution is 2.07. The van der Waals surface area contributed by atoms with Crippen LogP contribution in [0.5, 0.6) is 0 Å². The van der Waals surface area contributed by atoms with E-state index in [1.807, 2.05) is 30.0 Å². The Morgan fingerprint density at radius 1 is 1.29 bits per heavy atom. The van der Waals surface area contributed by atoms with E-state index in [0.29, 0.717) is 5.69 Å². The molecule has 1 heterocycles. The van der Waals surface area contributed by atoms with E-state index in [-0.39, 0.29) is 0 Å². The summed E-state index contributed by atoms with van der Waals surface area (Å²) in [5.41, 5.74) is 0.468. The minimum absolute atomic E-state index is 0.468. The van der Waals surface area contributed by atoms with E-state index in [1.165, 1.54) is 25.0 Å². The summed E-state index contributed by atoms with van der Waals surface area (Å²) in [6.45, 7) is 0.932. The first kappa shape index (κ1) is 13.9. The number of unbranched alkanes of at least 4 members (excludes halogenated alkanes) is 3. The van der Waals surface area contributed by atoms with Crippen LogP contribution in [0.25, 0.3) is 0 Å². The van der Waals surface area contributed by atoms with Gasteiger partial charge in [-0.1, -0.05) is 18.9 Å². The number of rotatable bonds is 8. The Bertz CT molecular complexity index is 360. The molecule has 0 spiro atoms. The lowest BCUT2D eigenvalue weighted by atomic mass is 10.2. The molecular weight excluding hydrogens is 230 g/mol. The van der Waals surface area contributed by atoms with Crippen molar-refractivity contribution in [3.63, 3.8) is 0 Å². The van der Waals surface area contributed by atoms with E-state index >= 15 is 0 Å². The van der Waals surface area contributed by atoms with Crippen LogP contribution < -0.4 is 5.32 Å². The zero-order valence-electron chi connectivity index (χ0n) is 10.3. The fourth-order valence-corrected chi connectivity index (χ4v) is 2.03. The van der Waals surface area contributed by atoms with Crippen LogP contribution in [0.15, 0.2) is 18.2 Å². The van der Waals surface area contributed by atoms with Gasteiger partial charge in [0.05, 0.1) is 0 Å². The Kier molecular flexibility index (Phi) is 7.24. The third-order valence-corrected chi connectivity index (χ3v) is 3.14. The second-order valence-electron chi connectivity index (χ2n) is 3.85. The van der Waals surface area contributed by atoms with Crippen LogP contribution in [0.4, 0.5) is 5.82 Å². The Labute approximate surface area is 108 Å². The highest BCUT2D eigenvalue weighted by Gasteiger charge is 1.95. The zero-order valence-corrected chi connectivity index (χ0v) is 11.1. The first-order valence-corrected chi connectivity index (χ1v) is 7.36. The summed E-state index contributed by atoms with van der Waals surface area (Å²) in [5, 5.41) is 12.0. The number of pyridine rings is 1. The Morgan fingerprint density at radius 3 is 2.88 bits per heavy atom. The summed E-state index contributed by atoms with van der Waals surface area (Å²) >= 11 is 1.91. The van der Waals surface area contributed by atoms with E-state index in [4.69, 9.17) is 5.26 Å². The van der Waals surface area contributed by atoms with E-state index in [2.05, 4.69) is 16.6 Å². The molecule has 1 N–H and O–H groups in total. The minimum Gasteiger partial charge on any atom is -0.370 e. The molecule has 0 aliphatic heterocycles. The first-order chi connectivity index (χ1) is 8.36. The SMILES string of the molecule is CSCCCCCCNc1cccc(C#N)n1.